The lowest BCUT2D eigenvalue weighted by Crippen LogP contribution is -2.18. The Morgan fingerprint density at radius 1 is 1.31 bits per heavy atom. The fraction of sp³-hybridized carbons (Fsp3) is 0.273. The Hall–Kier alpha value is -1.91. The summed E-state index contributed by atoms with van der Waals surface area (Å²) >= 11 is 0. The minimum Gasteiger partial charge on any atom is -0.310 e. The van der Waals surface area contributed by atoms with E-state index in [1.54, 1.807) is 10.7 Å². The maximum absolute atomic E-state index is 12.8. The van der Waals surface area contributed by atoms with Gasteiger partial charge in [-0.25, -0.2) is 9.37 Å². The van der Waals surface area contributed by atoms with E-state index in [0.717, 1.165) is 12.4 Å². The van der Waals surface area contributed by atoms with Crippen molar-refractivity contribution < 1.29 is 4.39 Å². The summed E-state index contributed by atoms with van der Waals surface area (Å²) in [4.78, 5) is 5.95. The summed E-state index contributed by atoms with van der Waals surface area (Å²) in [5, 5.41) is 4.29. The summed E-state index contributed by atoms with van der Waals surface area (Å²) in [6.45, 7) is 2.73. The molecule has 0 saturated carbocycles. The first-order chi connectivity index (χ1) is 7.70. The minimum absolute atomic E-state index is 0.333. The molecule has 2 aromatic rings. The van der Waals surface area contributed by atoms with Gasteiger partial charge >= 0.3 is 0 Å². The Morgan fingerprint density at radius 2 is 2.12 bits per heavy atom. The molecule has 0 bridgehead atoms. The third-order valence-corrected chi connectivity index (χ3v) is 2.28. The highest BCUT2D eigenvalue weighted by Gasteiger charge is 2.10. The smallest absolute Gasteiger partial charge is 0.156 e. The highest BCUT2D eigenvalue weighted by Crippen LogP contribution is 2.20. The first kappa shape index (κ1) is 10.6. The minimum atomic E-state index is -0.333. The molecule has 0 aliphatic heterocycles. The van der Waals surface area contributed by atoms with Gasteiger partial charge in [0.15, 0.2) is 5.82 Å². The summed E-state index contributed by atoms with van der Waals surface area (Å²) < 4.78 is 14.5. The van der Waals surface area contributed by atoms with Crippen molar-refractivity contribution >= 4 is 11.6 Å². The van der Waals surface area contributed by atoms with Crippen molar-refractivity contribution in [2.24, 2.45) is 7.05 Å². The van der Waals surface area contributed by atoms with Gasteiger partial charge in [0, 0.05) is 25.9 Å². The van der Waals surface area contributed by atoms with Crippen molar-refractivity contribution in [3.05, 3.63) is 36.4 Å². The van der Waals surface area contributed by atoms with Crippen LogP contribution in [0.4, 0.5) is 16.0 Å². The number of pyridine rings is 1. The molecule has 2 heterocycles. The van der Waals surface area contributed by atoms with Gasteiger partial charge < -0.3 is 4.90 Å². The topological polar surface area (TPSA) is 34.0 Å². The van der Waals surface area contributed by atoms with Gasteiger partial charge in [-0.05, 0) is 19.1 Å². The number of aromatic nitrogens is 3. The summed E-state index contributed by atoms with van der Waals surface area (Å²) in [6.07, 6.45) is 3.07. The van der Waals surface area contributed by atoms with Crippen LogP contribution < -0.4 is 4.90 Å². The van der Waals surface area contributed by atoms with Crippen LogP contribution >= 0.6 is 0 Å². The van der Waals surface area contributed by atoms with Crippen molar-refractivity contribution in [1.29, 1.82) is 0 Å². The number of hydrogen-bond acceptors (Lipinski definition) is 3. The van der Waals surface area contributed by atoms with Crippen molar-refractivity contribution in [3.8, 4) is 0 Å². The Morgan fingerprint density at radius 3 is 2.62 bits per heavy atom. The zero-order chi connectivity index (χ0) is 11.5. The second kappa shape index (κ2) is 4.30. The predicted octanol–water partition coefficient (Wildman–Crippen LogP) is 2.11. The lowest BCUT2D eigenvalue weighted by molar-refractivity contribution is 0.621. The maximum atomic E-state index is 12.8. The molecule has 16 heavy (non-hydrogen) atoms. The lowest BCUT2D eigenvalue weighted by Gasteiger charge is -2.18. The molecular weight excluding hydrogens is 207 g/mol. The maximum Gasteiger partial charge on any atom is 0.156 e. The molecule has 0 aliphatic carbocycles. The highest BCUT2D eigenvalue weighted by molar-refractivity contribution is 5.54. The van der Waals surface area contributed by atoms with E-state index in [2.05, 4.69) is 10.1 Å². The summed E-state index contributed by atoms with van der Waals surface area (Å²) in [5.74, 6) is 1.17. The summed E-state index contributed by atoms with van der Waals surface area (Å²) in [5.41, 5.74) is 0. The van der Waals surface area contributed by atoms with Crippen LogP contribution in [-0.2, 0) is 7.05 Å². The second-order valence-electron chi connectivity index (χ2n) is 3.43. The Kier molecular flexibility index (Phi) is 2.85. The van der Waals surface area contributed by atoms with Crippen molar-refractivity contribution in [3.63, 3.8) is 0 Å². The molecule has 2 aromatic heterocycles. The van der Waals surface area contributed by atoms with Gasteiger partial charge in [-0.2, -0.15) is 5.10 Å². The molecule has 0 aliphatic rings. The molecule has 0 N–H and O–H groups in total. The number of nitrogens with zero attached hydrogens (tertiary/aromatic N) is 4. The van der Waals surface area contributed by atoms with Crippen molar-refractivity contribution in [1.82, 2.24) is 14.8 Å². The monoisotopic (exact) mass is 220 g/mol. The van der Waals surface area contributed by atoms with Gasteiger partial charge in [-0.15, -0.1) is 0 Å². The molecular formula is C11H13FN4. The van der Waals surface area contributed by atoms with E-state index < -0.39 is 0 Å². The molecule has 0 atom stereocenters. The molecule has 0 unspecified atom stereocenters. The van der Waals surface area contributed by atoms with E-state index in [1.165, 1.54) is 12.3 Å². The van der Waals surface area contributed by atoms with E-state index in [9.17, 15) is 4.39 Å². The molecule has 0 aromatic carbocycles. The van der Waals surface area contributed by atoms with Crippen molar-refractivity contribution in [2.45, 2.75) is 6.92 Å². The Balaban J connectivity index is 2.32. The molecule has 2 rings (SSSR count). The number of rotatable bonds is 3. The molecule has 0 fully saturated rings. The van der Waals surface area contributed by atoms with E-state index in [0.29, 0.717) is 5.82 Å². The fourth-order valence-electron chi connectivity index (χ4n) is 1.52. The van der Waals surface area contributed by atoms with E-state index in [1.807, 2.05) is 31.1 Å². The summed E-state index contributed by atoms with van der Waals surface area (Å²) in [7, 11) is 1.86. The number of halogens is 1. The van der Waals surface area contributed by atoms with Crippen LogP contribution in [-0.4, -0.2) is 21.3 Å². The fourth-order valence-corrected chi connectivity index (χ4v) is 1.52. The van der Waals surface area contributed by atoms with E-state index in [-0.39, 0.29) is 5.82 Å². The van der Waals surface area contributed by atoms with Crippen LogP contribution in [0.3, 0.4) is 0 Å². The van der Waals surface area contributed by atoms with Gasteiger partial charge in [0.2, 0.25) is 0 Å². The zero-order valence-corrected chi connectivity index (χ0v) is 9.26. The molecule has 4 nitrogen and oxygen atoms in total. The molecule has 0 radical (unpaired) electrons. The molecule has 84 valence electrons. The molecule has 5 heteroatoms. The molecule has 0 amide bonds. The van der Waals surface area contributed by atoms with Crippen LogP contribution in [0.2, 0.25) is 0 Å². The van der Waals surface area contributed by atoms with Gasteiger partial charge in [0.05, 0.1) is 6.20 Å². The van der Waals surface area contributed by atoms with Crippen LogP contribution in [0.25, 0.3) is 0 Å². The largest absolute Gasteiger partial charge is 0.310 e. The van der Waals surface area contributed by atoms with Gasteiger partial charge in [-0.3, -0.25) is 4.68 Å². The van der Waals surface area contributed by atoms with E-state index >= 15 is 0 Å². The van der Waals surface area contributed by atoms with Crippen LogP contribution in [0.15, 0.2) is 30.6 Å². The SMILES string of the molecule is CCN(c1ccc(F)cn1)c1ccn(C)n1. The third-order valence-electron chi connectivity index (χ3n) is 2.28. The first-order valence-corrected chi connectivity index (χ1v) is 5.09. The average Bonchev–Trinajstić information content (AvgIpc) is 2.69. The highest BCUT2D eigenvalue weighted by atomic mass is 19.1. The quantitative estimate of drug-likeness (QED) is 0.794. The van der Waals surface area contributed by atoms with Gasteiger partial charge in [-0.1, -0.05) is 0 Å². The Labute approximate surface area is 93.3 Å². The van der Waals surface area contributed by atoms with Gasteiger partial charge in [0.25, 0.3) is 0 Å². The predicted molar refractivity (Wildman–Crippen MR) is 60.1 cm³/mol. The average molecular weight is 220 g/mol. The summed E-state index contributed by atoms with van der Waals surface area (Å²) in [6, 6.07) is 4.94. The van der Waals surface area contributed by atoms with Crippen LogP contribution in [0, 0.1) is 5.82 Å². The number of hydrogen-bond donors (Lipinski definition) is 0. The van der Waals surface area contributed by atoms with E-state index in [4.69, 9.17) is 0 Å². The number of anilines is 2. The number of aryl methyl sites for hydroxylation is 1. The molecule has 0 spiro atoms. The Bertz CT molecular complexity index is 463. The lowest BCUT2D eigenvalue weighted by atomic mass is 10.4. The standard InChI is InChI=1S/C11H13FN4/c1-3-16(11-6-7-15(2)14-11)10-5-4-9(12)8-13-10/h4-8H,3H2,1-2H3. The van der Waals surface area contributed by atoms with Crippen molar-refractivity contribution in [2.75, 3.05) is 11.4 Å². The van der Waals surface area contributed by atoms with Gasteiger partial charge in [0.1, 0.15) is 11.6 Å². The third kappa shape index (κ3) is 2.03. The van der Waals surface area contributed by atoms with Crippen LogP contribution in [0.5, 0.6) is 0 Å². The zero-order valence-electron chi connectivity index (χ0n) is 9.26. The van der Waals surface area contributed by atoms with Crippen LogP contribution in [0.1, 0.15) is 6.92 Å². The first-order valence-electron chi connectivity index (χ1n) is 5.09. The molecule has 0 saturated heterocycles. The second-order valence-corrected chi connectivity index (χ2v) is 3.43. The normalized spacial score (nSPS) is 10.4.